The molecule has 4 nitrogen and oxygen atoms in total. The molecular weight excluding hydrogens is 432 g/mol. The molecule has 32 heavy (non-hydrogen) atoms. The van der Waals surface area contributed by atoms with Gasteiger partial charge in [0.25, 0.3) is 0 Å². The summed E-state index contributed by atoms with van der Waals surface area (Å²) in [6.45, 7) is 3.65. The molecule has 0 saturated carbocycles. The Balaban J connectivity index is 1.75. The molecule has 3 aromatic rings. The first-order valence-electron chi connectivity index (χ1n) is 10.2. The van der Waals surface area contributed by atoms with Crippen molar-refractivity contribution in [3.8, 4) is 11.1 Å². The summed E-state index contributed by atoms with van der Waals surface area (Å²) in [6, 6.07) is 16.3. The number of benzene rings is 3. The smallest absolute Gasteiger partial charge is 0.229 e. The minimum absolute atomic E-state index is 0.0704. The van der Waals surface area contributed by atoms with Gasteiger partial charge >= 0.3 is 0 Å². The second-order valence-electron chi connectivity index (χ2n) is 7.97. The van der Waals surface area contributed by atoms with Crippen molar-refractivity contribution < 1.29 is 22.0 Å². The molecule has 0 radical (unpaired) electrons. The number of rotatable bonds is 8. The van der Waals surface area contributed by atoms with Gasteiger partial charge in [0.15, 0.2) is 0 Å². The Morgan fingerprint density at radius 3 is 2.44 bits per heavy atom. The maximum atomic E-state index is 14.3. The first-order chi connectivity index (χ1) is 15.0. The molecule has 0 aliphatic heterocycles. The molecule has 0 aliphatic rings. The normalized spacial score (nSPS) is 12.4. The summed E-state index contributed by atoms with van der Waals surface area (Å²) in [6.07, 6.45) is 1.64. The van der Waals surface area contributed by atoms with Gasteiger partial charge in [0, 0.05) is 12.3 Å². The van der Waals surface area contributed by atoms with Gasteiger partial charge in [-0.25, -0.2) is 17.2 Å². The summed E-state index contributed by atoms with van der Waals surface area (Å²) < 4.78 is 52.8. The predicted octanol–water partition coefficient (Wildman–Crippen LogP) is 5.62. The van der Waals surface area contributed by atoms with E-state index < -0.39 is 21.8 Å². The molecule has 0 heterocycles. The third kappa shape index (κ3) is 6.01. The first kappa shape index (κ1) is 23.6. The maximum Gasteiger partial charge on any atom is 0.229 e. The van der Waals surface area contributed by atoms with E-state index >= 15 is 0 Å². The maximum absolute atomic E-state index is 14.3. The molecule has 0 saturated heterocycles. The van der Waals surface area contributed by atoms with Gasteiger partial charge in [-0.15, -0.1) is 0 Å². The number of carbonyl (C=O) groups is 1. The minimum Gasteiger partial charge on any atom is -0.299 e. The van der Waals surface area contributed by atoms with Crippen molar-refractivity contribution in [1.82, 2.24) is 0 Å². The number of aryl methyl sites for hydroxylation is 2. The van der Waals surface area contributed by atoms with E-state index in [1.807, 2.05) is 31.2 Å². The van der Waals surface area contributed by atoms with Crippen LogP contribution in [0.3, 0.4) is 0 Å². The molecule has 0 fully saturated rings. The van der Waals surface area contributed by atoms with E-state index in [1.165, 1.54) is 24.3 Å². The quantitative estimate of drug-likeness (QED) is 0.478. The second kappa shape index (κ2) is 9.61. The van der Waals surface area contributed by atoms with Crippen LogP contribution in [0, 0.1) is 18.6 Å². The van der Waals surface area contributed by atoms with E-state index in [0.717, 1.165) is 28.5 Å². The zero-order valence-electron chi connectivity index (χ0n) is 18.2. The summed E-state index contributed by atoms with van der Waals surface area (Å²) in [5, 5.41) is 0. The van der Waals surface area contributed by atoms with E-state index in [1.54, 1.807) is 19.1 Å². The van der Waals surface area contributed by atoms with Crippen molar-refractivity contribution >= 4 is 21.5 Å². The van der Waals surface area contributed by atoms with Crippen LogP contribution in [0.25, 0.3) is 11.1 Å². The fourth-order valence-corrected chi connectivity index (χ4v) is 4.14. The van der Waals surface area contributed by atoms with Gasteiger partial charge in [-0.3, -0.25) is 9.52 Å². The van der Waals surface area contributed by atoms with Gasteiger partial charge < -0.3 is 0 Å². The highest BCUT2D eigenvalue weighted by Crippen LogP contribution is 2.28. The van der Waals surface area contributed by atoms with Gasteiger partial charge in [-0.1, -0.05) is 48.9 Å². The Morgan fingerprint density at radius 2 is 1.78 bits per heavy atom. The zero-order valence-corrected chi connectivity index (χ0v) is 19.0. The number of Topliss-reactive ketones (excluding diaryl/α,β-unsaturated/α-hetero) is 1. The van der Waals surface area contributed by atoms with Crippen LogP contribution in [0.5, 0.6) is 0 Å². The summed E-state index contributed by atoms with van der Waals surface area (Å²) in [4.78, 5) is 12.8. The van der Waals surface area contributed by atoms with E-state index in [-0.39, 0.29) is 23.7 Å². The van der Waals surface area contributed by atoms with Crippen LogP contribution in [-0.4, -0.2) is 20.5 Å². The molecule has 7 heteroatoms. The lowest BCUT2D eigenvalue weighted by molar-refractivity contribution is -0.120. The monoisotopic (exact) mass is 457 g/mol. The highest BCUT2D eigenvalue weighted by Gasteiger charge is 2.18. The zero-order chi connectivity index (χ0) is 23.5. The lowest BCUT2D eigenvalue weighted by Gasteiger charge is -2.15. The van der Waals surface area contributed by atoms with Crippen LogP contribution in [0.4, 0.5) is 14.5 Å². The molecule has 3 rings (SSSR count). The number of carbonyl (C=O) groups excluding carboxylic acids is 1. The fraction of sp³-hybridized carbons (Fsp3) is 0.240. The van der Waals surface area contributed by atoms with Crippen LogP contribution in [0.1, 0.15) is 36.0 Å². The van der Waals surface area contributed by atoms with Crippen LogP contribution in [0.2, 0.25) is 0 Å². The molecule has 1 N–H and O–H groups in total. The highest BCUT2D eigenvalue weighted by molar-refractivity contribution is 7.92. The first-order valence-corrected chi connectivity index (χ1v) is 12.1. The second-order valence-corrected chi connectivity index (χ2v) is 9.72. The number of sulfonamides is 1. The number of nitrogens with one attached hydrogen (secondary N) is 1. The third-order valence-corrected chi connectivity index (χ3v) is 5.90. The Labute approximate surface area is 187 Å². The number of hydrogen-bond donors (Lipinski definition) is 1. The van der Waals surface area contributed by atoms with Gasteiger partial charge in [-0.05, 0) is 59.9 Å². The largest absolute Gasteiger partial charge is 0.299 e. The van der Waals surface area contributed by atoms with Crippen molar-refractivity contribution in [3.05, 3.63) is 89.0 Å². The number of halogens is 2. The number of ketones is 1. The number of hydrogen-bond acceptors (Lipinski definition) is 3. The van der Waals surface area contributed by atoms with E-state index in [9.17, 15) is 22.0 Å². The molecular formula is C25H25F2NO3S. The summed E-state index contributed by atoms with van der Waals surface area (Å²) in [5.74, 6) is -1.69. The fourth-order valence-electron chi connectivity index (χ4n) is 3.58. The van der Waals surface area contributed by atoms with E-state index in [2.05, 4.69) is 4.72 Å². The van der Waals surface area contributed by atoms with Crippen molar-refractivity contribution in [2.45, 2.75) is 32.6 Å². The standard InChI is InChI=1S/C25H25F2NO3S/c1-16-7-8-18(22(13-16)20-5-4-6-21(26)14-20)10-12-25(29)17(2)19-9-11-24(23(27)15-19)28-32(3,30)31/h4-9,11,13-15,17,28H,10,12H2,1-3H3. The lowest BCUT2D eigenvalue weighted by atomic mass is 9.90. The Bertz CT molecular complexity index is 1260. The van der Waals surface area contributed by atoms with Gasteiger partial charge in [0.1, 0.15) is 17.4 Å². The van der Waals surface area contributed by atoms with Crippen LogP contribution >= 0.6 is 0 Å². The van der Waals surface area contributed by atoms with Crippen molar-refractivity contribution in [1.29, 1.82) is 0 Å². The molecule has 168 valence electrons. The summed E-state index contributed by atoms with van der Waals surface area (Å²) in [7, 11) is -3.60. The van der Waals surface area contributed by atoms with Crippen LogP contribution in [0.15, 0.2) is 60.7 Å². The molecule has 0 bridgehead atoms. The molecule has 0 aromatic heterocycles. The van der Waals surface area contributed by atoms with Crippen LogP contribution in [-0.2, 0) is 21.2 Å². The Morgan fingerprint density at radius 1 is 1.03 bits per heavy atom. The lowest BCUT2D eigenvalue weighted by Crippen LogP contribution is -2.13. The highest BCUT2D eigenvalue weighted by atomic mass is 32.2. The Kier molecular flexibility index (Phi) is 7.09. The molecule has 1 unspecified atom stereocenters. The number of anilines is 1. The molecule has 0 amide bonds. The average molecular weight is 458 g/mol. The third-order valence-electron chi connectivity index (χ3n) is 5.31. The average Bonchev–Trinajstić information content (AvgIpc) is 2.72. The molecule has 1 atom stereocenters. The molecule has 3 aromatic carbocycles. The van der Waals surface area contributed by atoms with Crippen molar-refractivity contribution in [2.24, 2.45) is 0 Å². The van der Waals surface area contributed by atoms with Gasteiger partial charge in [0.2, 0.25) is 10.0 Å². The SMILES string of the molecule is Cc1ccc(CCC(=O)C(C)c2ccc(NS(C)(=O)=O)c(F)c2)c(-c2cccc(F)c2)c1. The van der Waals surface area contributed by atoms with Crippen molar-refractivity contribution in [2.75, 3.05) is 11.0 Å². The summed E-state index contributed by atoms with van der Waals surface area (Å²) in [5.41, 5.74) is 3.91. The van der Waals surface area contributed by atoms with E-state index in [0.29, 0.717) is 12.0 Å². The summed E-state index contributed by atoms with van der Waals surface area (Å²) >= 11 is 0. The molecule has 0 aliphatic carbocycles. The van der Waals surface area contributed by atoms with E-state index in [4.69, 9.17) is 0 Å². The van der Waals surface area contributed by atoms with Crippen LogP contribution < -0.4 is 4.72 Å². The van der Waals surface area contributed by atoms with Gasteiger partial charge in [0.05, 0.1) is 11.9 Å². The van der Waals surface area contributed by atoms with Gasteiger partial charge in [-0.2, -0.15) is 0 Å². The van der Waals surface area contributed by atoms with Crippen molar-refractivity contribution in [3.63, 3.8) is 0 Å². The topological polar surface area (TPSA) is 63.2 Å². The predicted molar refractivity (Wildman–Crippen MR) is 123 cm³/mol. The minimum atomic E-state index is -3.60. The molecule has 0 spiro atoms. The Hall–Kier alpha value is -3.06.